The Morgan fingerprint density at radius 3 is 2.53 bits per heavy atom. The molecule has 0 bridgehead atoms. The molecule has 0 spiro atoms. The molecule has 1 heteroatoms. The second-order valence-electron chi connectivity index (χ2n) is 5.37. The topological polar surface area (TPSA) is 4.93 Å². The number of rotatable bonds is 2. The second kappa shape index (κ2) is 4.27. The van der Waals surface area contributed by atoms with Crippen LogP contribution in [0.15, 0.2) is 54.6 Å². The average Bonchev–Trinajstić information content (AvgIpc) is 3.04. The lowest BCUT2D eigenvalue weighted by Crippen LogP contribution is -2.03. The van der Waals surface area contributed by atoms with E-state index >= 15 is 0 Å². The van der Waals surface area contributed by atoms with Crippen LogP contribution < -0.4 is 0 Å². The van der Waals surface area contributed by atoms with E-state index < -0.39 is 0 Å². The van der Waals surface area contributed by atoms with Gasteiger partial charge in [0.1, 0.15) is 0 Å². The predicted octanol–water partition coefficient (Wildman–Crippen LogP) is 4.18. The minimum Gasteiger partial charge on any atom is -0.340 e. The Bertz CT molecular complexity index is 722. The quantitative estimate of drug-likeness (QED) is 0.640. The number of hydrogen-bond acceptors (Lipinski definition) is 0. The third-order valence-corrected chi connectivity index (χ3v) is 4.22. The van der Waals surface area contributed by atoms with Gasteiger partial charge in [-0.3, -0.25) is 0 Å². The molecular formula is C18H17N. The molecule has 19 heavy (non-hydrogen) atoms. The summed E-state index contributed by atoms with van der Waals surface area (Å²) in [5.41, 5.74) is 5.94. The van der Waals surface area contributed by atoms with Crippen LogP contribution in [0.1, 0.15) is 23.2 Å². The summed E-state index contributed by atoms with van der Waals surface area (Å²) in [6.07, 6.45) is 3.79. The summed E-state index contributed by atoms with van der Waals surface area (Å²) in [6.45, 7) is 0.997. The predicted molar refractivity (Wildman–Crippen MR) is 79.5 cm³/mol. The van der Waals surface area contributed by atoms with Gasteiger partial charge in [0.25, 0.3) is 0 Å². The molecule has 0 fully saturated rings. The molecule has 0 unspecified atom stereocenters. The molecule has 0 atom stereocenters. The highest BCUT2D eigenvalue weighted by Crippen LogP contribution is 2.33. The van der Waals surface area contributed by atoms with E-state index in [1.54, 1.807) is 11.3 Å². The molecule has 3 aromatic rings. The van der Waals surface area contributed by atoms with E-state index in [1.165, 1.54) is 35.7 Å². The van der Waals surface area contributed by atoms with Crippen LogP contribution in [-0.4, -0.2) is 4.57 Å². The Labute approximate surface area is 113 Å². The SMILES string of the molecule is c1ccc(Cn2c3c(c4ccccc42)CCC3)cc1. The van der Waals surface area contributed by atoms with Gasteiger partial charge in [-0.2, -0.15) is 0 Å². The first-order chi connectivity index (χ1) is 9.43. The zero-order valence-corrected chi connectivity index (χ0v) is 11.0. The Morgan fingerprint density at radius 2 is 1.63 bits per heavy atom. The van der Waals surface area contributed by atoms with Crippen molar-refractivity contribution in [3.8, 4) is 0 Å². The van der Waals surface area contributed by atoms with Crippen molar-refractivity contribution in [3.63, 3.8) is 0 Å². The third kappa shape index (κ3) is 1.69. The van der Waals surface area contributed by atoms with Crippen LogP contribution >= 0.6 is 0 Å². The Morgan fingerprint density at radius 1 is 0.842 bits per heavy atom. The summed E-state index contributed by atoms with van der Waals surface area (Å²) in [5.74, 6) is 0. The number of fused-ring (bicyclic) bond motifs is 3. The summed E-state index contributed by atoms with van der Waals surface area (Å²) in [6, 6.07) is 19.6. The van der Waals surface area contributed by atoms with E-state index in [-0.39, 0.29) is 0 Å². The number of hydrogen-bond donors (Lipinski definition) is 0. The highest BCUT2D eigenvalue weighted by atomic mass is 15.0. The molecule has 1 heterocycles. The fourth-order valence-electron chi connectivity index (χ4n) is 3.37. The highest BCUT2D eigenvalue weighted by molar-refractivity contribution is 5.86. The van der Waals surface area contributed by atoms with E-state index in [4.69, 9.17) is 0 Å². The molecule has 2 aromatic carbocycles. The van der Waals surface area contributed by atoms with Crippen molar-refractivity contribution in [3.05, 3.63) is 71.4 Å². The van der Waals surface area contributed by atoms with E-state index in [2.05, 4.69) is 59.2 Å². The summed E-state index contributed by atoms with van der Waals surface area (Å²) in [4.78, 5) is 0. The van der Waals surface area contributed by atoms with Gasteiger partial charge in [0.15, 0.2) is 0 Å². The molecule has 94 valence electrons. The Hall–Kier alpha value is -2.02. The van der Waals surface area contributed by atoms with Crippen molar-refractivity contribution >= 4 is 10.9 Å². The van der Waals surface area contributed by atoms with E-state index in [9.17, 15) is 0 Å². The normalized spacial score (nSPS) is 13.9. The minimum atomic E-state index is 0.997. The molecule has 0 saturated carbocycles. The fourth-order valence-corrected chi connectivity index (χ4v) is 3.37. The van der Waals surface area contributed by atoms with Gasteiger partial charge in [0.2, 0.25) is 0 Å². The van der Waals surface area contributed by atoms with Crippen LogP contribution in [0.5, 0.6) is 0 Å². The van der Waals surface area contributed by atoms with Gasteiger partial charge in [0, 0.05) is 23.1 Å². The van der Waals surface area contributed by atoms with Crippen molar-refractivity contribution in [2.75, 3.05) is 0 Å². The van der Waals surface area contributed by atoms with Crippen LogP contribution in [0.2, 0.25) is 0 Å². The average molecular weight is 247 g/mol. The van der Waals surface area contributed by atoms with Gasteiger partial charge in [-0.15, -0.1) is 0 Å². The van der Waals surface area contributed by atoms with Crippen molar-refractivity contribution in [1.82, 2.24) is 4.57 Å². The molecule has 1 aromatic heterocycles. The van der Waals surface area contributed by atoms with Crippen LogP contribution in [-0.2, 0) is 19.4 Å². The zero-order chi connectivity index (χ0) is 12.7. The lowest BCUT2D eigenvalue weighted by molar-refractivity contribution is 0.766. The molecule has 1 nitrogen and oxygen atoms in total. The van der Waals surface area contributed by atoms with Gasteiger partial charge >= 0.3 is 0 Å². The maximum atomic E-state index is 2.52. The van der Waals surface area contributed by atoms with Gasteiger partial charge in [-0.05, 0) is 36.5 Å². The molecule has 4 rings (SSSR count). The van der Waals surface area contributed by atoms with E-state index in [0.29, 0.717) is 0 Å². The smallest absolute Gasteiger partial charge is 0.0488 e. The Kier molecular flexibility index (Phi) is 2.44. The number of para-hydroxylation sites is 1. The summed E-state index contributed by atoms with van der Waals surface area (Å²) in [5, 5.41) is 1.46. The minimum absolute atomic E-state index is 0.997. The maximum Gasteiger partial charge on any atom is 0.0488 e. The molecule has 0 aliphatic heterocycles. The molecule has 0 N–H and O–H groups in total. The summed E-state index contributed by atoms with van der Waals surface area (Å²) >= 11 is 0. The largest absolute Gasteiger partial charge is 0.340 e. The molecule has 0 amide bonds. The van der Waals surface area contributed by atoms with Gasteiger partial charge in [-0.1, -0.05) is 48.5 Å². The first-order valence-electron chi connectivity index (χ1n) is 7.06. The number of nitrogens with zero attached hydrogens (tertiary/aromatic N) is 1. The van der Waals surface area contributed by atoms with Crippen LogP contribution in [0.4, 0.5) is 0 Å². The van der Waals surface area contributed by atoms with Gasteiger partial charge in [-0.25, -0.2) is 0 Å². The molecule has 0 radical (unpaired) electrons. The third-order valence-electron chi connectivity index (χ3n) is 4.22. The number of benzene rings is 2. The molecular weight excluding hydrogens is 230 g/mol. The monoisotopic (exact) mass is 247 g/mol. The van der Waals surface area contributed by atoms with Crippen LogP contribution in [0, 0.1) is 0 Å². The first-order valence-corrected chi connectivity index (χ1v) is 7.06. The number of aryl methyl sites for hydroxylation is 1. The van der Waals surface area contributed by atoms with Crippen molar-refractivity contribution in [2.24, 2.45) is 0 Å². The molecule has 1 aliphatic carbocycles. The fraction of sp³-hybridized carbons (Fsp3) is 0.222. The van der Waals surface area contributed by atoms with Crippen LogP contribution in [0.25, 0.3) is 10.9 Å². The second-order valence-corrected chi connectivity index (χ2v) is 5.37. The number of aromatic nitrogens is 1. The van der Waals surface area contributed by atoms with Gasteiger partial charge < -0.3 is 4.57 Å². The van der Waals surface area contributed by atoms with Gasteiger partial charge in [0.05, 0.1) is 0 Å². The lowest BCUT2D eigenvalue weighted by atomic mass is 10.1. The molecule has 0 saturated heterocycles. The van der Waals surface area contributed by atoms with Crippen molar-refractivity contribution in [1.29, 1.82) is 0 Å². The zero-order valence-electron chi connectivity index (χ0n) is 11.0. The standard InChI is InChI=1S/C18H17N/c1-2-7-14(8-3-1)13-19-17-11-5-4-9-15(17)16-10-6-12-18(16)19/h1-5,7-9,11H,6,10,12-13H2. The van der Waals surface area contributed by atoms with E-state index in [1.807, 2.05) is 0 Å². The maximum absolute atomic E-state index is 2.52. The van der Waals surface area contributed by atoms with E-state index in [0.717, 1.165) is 6.54 Å². The van der Waals surface area contributed by atoms with Crippen molar-refractivity contribution < 1.29 is 0 Å². The highest BCUT2D eigenvalue weighted by Gasteiger charge is 2.20. The first kappa shape index (κ1) is 10.9. The van der Waals surface area contributed by atoms with Crippen LogP contribution in [0.3, 0.4) is 0 Å². The Balaban J connectivity index is 1.90. The summed E-state index contributed by atoms with van der Waals surface area (Å²) < 4.78 is 2.52. The summed E-state index contributed by atoms with van der Waals surface area (Å²) in [7, 11) is 0. The lowest BCUT2D eigenvalue weighted by Gasteiger charge is -2.09. The van der Waals surface area contributed by atoms with Crippen molar-refractivity contribution in [2.45, 2.75) is 25.8 Å². The molecule has 1 aliphatic rings.